The number of carbonyl (C=O) groups is 1. The van der Waals surface area contributed by atoms with Gasteiger partial charge in [0.1, 0.15) is 5.75 Å². The molecule has 1 aromatic carbocycles. The Kier molecular flexibility index (Phi) is 6.01. The van der Waals surface area contributed by atoms with Gasteiger partial charge < -0.3 is 20.5 Å². The van der Waals surface area contributed by atoms with Crippen molar-refractivity contribution in [1.29, 1.82) is 0 Å². The van der Waals surface area contributed by atoms with Crippen LogP contribution >= 0.6 is 0 Å². The van der Waals surface area contributed by atoms with Crippen LogP contribution in [0.25, 0.3) is 0 Å². The number of urea groups is 1. The number of benzene rings is 1. The summed E-state index contributed by atoms with van der Waals surface area (Å²) in [5.41, 5.74) is 0.455. The van der Waals surface area contributed by atoms with Gasteiger partial charge in [-0.15, -0.1) is 0 Å². The Bertz CT molecular complexity index is 396. The lowest BCUT2D eigenvalue weighted by Crippen LogP contribution is -2.30. The molecule has 0 heterocycles. The molecule has 0 radical (unpaired) electrons. The van der Waals surface area contributed by atoms with Crippen molar-refractivity contribution >= 4 is 11.7 Å². The van der Waals surface area contributed by atoms with E-state index in [2.05, 4.69) is 15.4 Å². The van der Waals surface area contributed by atoms with Gasteiger partial charge in [-0.1, -0.05) is 0 Å². The van der Waals surface area contributed by atoms with E-state index in [0.717, 1.165) is 0 Å². The van der Waals surface area contributed by atoms with Crippen LogP contribution in [0.1, 0.15) is 13.3 Å². The number of nitrogens with one attached hydrogen (secondary N) is 2. The number of anilines is 1. The third-order valence-electron chi connectivity index (χ3n) is 2.19. The van der Waals surface area contributed by atoms with Crippen molar-refractivity contribution in [3.8, 4) is 5.75 Å². The molecule has 0 fully saturated rings. The first-order chi connectivity index (χ1) is 8.97. The summed E-state index contributed by atoms with van der Waals surface area (Å²) in [7, 11) is 0. The summed E-state index contributed by atoms with van der Waals surface area (Å²) in [6.45, 7) is -0.903. The summed E-state index contributed by atoms with van der Waals surface area (Å²) in [4.78, 5) is 11.4. The lowest BCUT2D eigenvalue weighted by atomic mass is 10.3. The largest absolute Gasteiger partial charge is 0.435 e. The Morgan fingerprint density at radius 2 is 2.00 bits per heavy atom. The number of carbonyl (C=O) groups excluding carboxylic acids is 1. The molecule has 7 heteroatoms. The van der Waals surface area contributed by atoms with Crippen molar-refractivity contribution in [2.45, 2.75) is 26.1 Å². The predicted molar refractivity (Wildman–Crippen MR) is 66.4 cm³/mol. The quantitative estimate of drug-likeness (QED) is 0.744. The minimum absolute atomic E-state index is 0.0232. The average Bonchev–Trinajstić information content (AvgIpc) is 2.30. The number of aliphatic hydroxyl groups excluding tert-OH is 1. The maximum absolute atomic E-state index is 11.9. The van der Waals surface area contributed by atoms with Crippen LogP contribution in [0.3, 0.4) is 0 Å². The molecule has 106 valence electrons. The number of hydrogen-bond acceptors (Lipinski definition) is 3. The monoisotopic (exact) mass is 274 g/mol. The van der Waals surface area contributed by atoms with Crippen LogP contribution < -0.4 is 15.4 Å². The molecule has 0 spiro atoms. The lowest BCUT2D eigenvalue weighted by molar-refractivity contribution is -0.0498. The Labute approximate surface area is 109 Å². The first kappa shape index (κ1) is 15.2. The summed E-state index contributed by atoms with van der Waals surface area (Å²) in [5, 5.41) is 14.1. The molecular weight excluding hydrogens is 258 g/mol. The van der Waals surface area contributed by atoms with Gasteiger partial charge in [-0.2, -0.15) is 8.78 Å². The van der Waals surface area contributed by atoms with Gasteiger partial charge in [0.25, 0.3) is 0 Å². The normalized spacial score (nSPS) is 12.1. The Hall–Kier alpha value is -1.89. The van der Waals surface area contributed by atoms with E-state index < -0.39 is 18.7 Å². The van der Waals surface area contributed by atoms with Crippen LogP contribution in [0.2, 0.25) is 0 Å². The lowest BCUT2D eigenvalue weighted by Gasteiger charge is -2.09. The molecule has 1 atom stereocenters. The fourth-order valence-corrected chi connectivity index (χ4v) is 1.29. The number of ether oxygens (including phenoxy) is 1. The average molecular weight is 274 g/mol. The van der Waals surface area contributed by atoms with E-state index in [1.165, 1.54) is 24.3 Å². The molecule has 5 nitrogen and oxygen atoms in total. The zero-order valence-corrected chi connectivity index (χ0v) is 10.4. The summed E-state index contributed by atoms with van der Waals surface area (Å²) >= 11 is 0. The molecule has 0 aromatic heterocycles. The van der Waals surface area contributed by atoms with E-state index >= 15 is 0 Å². The topological polar surface area (TPSA) is 70.6 Å². The van der Waals surface area contributed by atoms with E-state index in [9.17, 15) is 13.6 Å². The van der Waals surface area contributed by atoms with E-state index in [-0.39, 0.29) is 5.75 Å². The summed E-state index contributed by atoms with van der Waals surface area (Å²) in [6, 6.07) is 5.13. The minimum atomic E-state index is -2.87. The number of hydrogen-bond donors (Lipinski definition) is 3. The molecule has 19 heavy (non-hydrogen) atoms. The first-order valence-electron chi connectivity index (χ1n) is 5.75. The molecule has 1 aromatic rings. The Morgan fingerprint density at radius 1 is 1.37 bits per heavy atom. The Morgan fingerprint density at radius 3 is 2.53 bits per heavy atom. The van der Waals surface area contributed by atoms with Crippen molar-refractivity contribution in [2.75, 3.05) is 11.9 Å². The van der Waals surface area contributed by atoms with Gasteiger partial charge in [-0.3, -0.25) is 0 Å². The molecular formula is C12H16F2N2O3. The third kappa shape index (κ3) is 6.56. The zero-order valence-electron chi connectivity index (χ0n) is 10.4. The third-order valence-corrected chi connectivity index (χ3v) is 2.19. The van der Waals surface area contributed by atoms with Gasteiger partial charge in [0, 0.05) is 12.2 Å². The molecule has 0 aliphatic heterocycles. The molecule has 3 N–H and O–H groups in total. The Balaban J connectivity index is 2.38. The minimum Gasteiger partial charge on any atom is -0.435 e. The fourth-order valence-electron chi connectivity index (χ4n) is 1.29. The first-order valence-corrected chi connectivity index (χ1v) is 5.75. The highest BCUT2D eigenvalue weighted by molar-refractivity contribution is 5.89. The molecule has 1 unspecified atom stereocenters. The van der Waals surface area contributed by atoms with Crippen LogP contribution in [0, 0.1) is 0 Å². The van der Waals surface area contributed by atoms with Gasteiger partial charge in [0.2, 0.25) is 0 Å². The van der Waals surface area contributed by atoms with Crippen LogP contribution in [0.5, 0.6) is 5.75 Å². The molecule has 0 saturated carbocycles. The summed E-state index contributed by atoms with van der Waals surface area (Å²) < 4.78 is 28.0. The van der Waals surface area contributed by atoms with E-state index in [1.54, 1.807) is 6.92 Å². The van der Waals surface area contributed by atoms with Gasteiger partial charge in [0.05, 0.1) is 6.10 Å². The van der Waals surface area contributed by atoms with Crippen molar-refractivity contribution < 1.29 is 23.4 Å². The number of rotatable bonds is 6. The van der Waals surface area contributed by atoms with Crippen LogP contribution in [0.4, 0.5) is 19.3 Å². The molecule has 0 saturated heterocycles. The standard InChI is InChI=1S/C12H16F2N2O3/c1-8(17)6-7-15-12(18)16-9-2-4-10(5-3-9)19-11(13)14/h2-5,8,11,17H,6-7H2,1H3,(H2,15,16,18). The second-order valence-corrected chi connectivity index (χ2v) is 3.92. The maximum atomic E-state index is 11.9. The second-order valence-electron chi connectivity index (χ2n) is 3.92. The molecule has 1 rings (SSSR count). The van der Waals surface area contributed by atoms with E-state index in [0.29, 0.717) is 18.7 Å². The highest BCUT2D eigenvalue weighted by atomic mass is 19.3. The van der Waals surface area contributed by atoms with Gasteiger partial charge >= 0.3 is 12.6 Å². The van der Waals surface area contributed by atoms with Crippen molar-refractivity contribution in [2.24, 2.45) is 0 Å². The maximum Gasteiger partial charge on any atom is 0.387 e. The zero-order chi connectivity index (χ0) is 14.3. The smallest absolute Gasteiger partial charge is 0.387 e. The van der Waals surface area contributed by atoms with Crippen LogP contribution in [-0.4, -0.2) is 30.4 Å². The molecule has 0 bridgehead atoms. The summed E-state index contributed by atoms with van der Waals surface area (Å²) in [5.74, 6) is 0.0232. The second kappa shape index (κ2) is 7.52. The predicted octanol–water partition coefficient (Wildman–Crippen LogP) is 2.18. The van der Waals surface area contributed by atoms with Crippen LogP contribution in [-0.2, 0) is 0 Å². The fraction of sp³-hybridized carbons (Fsp3) is 0.417. The van der Waals surface area contributed by atoms with Gasteiger partial charge in [-0.05, 0) is 37.6 Å². The number of amides is 2. The molecule has 2 amide bonds. The van der Waals surface area contributed by atoms with Crippen LogP contribution in [0.15, 0.2) is 24.3 Å². The van der Waals surface area contributed by atoms with Gasteiger partial charge in [-0.25, -0.2) is 4.79 Å². The van der Waals surface area contributed by atoms with E-state index in [1.807, 2.05) is 0 Å². The number of halogens is 2. The van der Waals surface area contributed by atoms with Crippen molar-refractivity contribution in [3.63, 3.8) is 0 Å². The highest BCUT2D eigenvalue weighted by Gasteiger charge is 2.05. The van der Waals surface area contributed by atoms with E-state index in [4.69, 9.17) is 5.11 Å². The van der Waals surface area contributed by atoms with Crippen molar-refractivity contribution in [3.05, 3.63) is 24.3 Å². The highest BCUT2D eigenvalue weighted by Crippen LogP contribution is 2.17. The molecule has 0 aliphatic rings. The number of aliphatic hydroxyl groups is 1. The molecule has 0 aliphatic carbocycles. The summed E-state index contributed by atoms with van der Waals surface area (Å²) in [6.07, 6.45) is -0.0275. The number of alkyl halides is 2. The van der Waals surface area contributed by atoms with Crippen molar-refractivity contribution in [1.82, 2.24) is 5.32 Å². The van der Waals surface area contributed by atoms with Gasteiger partial charge in [0.15, 0.2) is 0 Å². The SMILES string of the molecule is CC(O)CCNC(=O)Nc1ccc(OC(F)F)cc1.